The van der Waals surface area contributed by atoms with Crippen molar-refractivity contribution < 1.29 is 9.53 Å². The molecule has 0 bridgehead atoms. The van der Waals surface area contributed by atoms with E-state index in [0.29, 0.717) is 31.3 Å². The molecule has 8 nitrogen and oxygen atoms in total. The molecule has 0 aliphatic heterocycles. The van der Waals surface area contributed by atoms with Gasteiger partial charge in [-0.1, -0.05) is 0 Å². The summed E-state index contributed by atoms with van der Waals surface area (Å²) in [5.41, 5.74) is 1.46. The molecule has 1 aliphatic rings. The van der Waals surface area contributed by atoms with Crippen molar-refractivity contribution in [3.8, 4) is 5.75 Å². The molecule has 0 radical (unpaired) electrons. The number of benzene rings is 1. The van der Waals surface area contributed by atoms with Crippen LogP contribution in [0, 0.1) is 0 Å². The molecule has 1 aliphatic carbocycles. The Balaban J connectivity index is 1.47. The first-order valence-corrected chi connectivity index (χ1v) is 9.50. The van der Waals surface area contributed by atoms with Gasteiger partial charge in [0.2, 0.25) is 0 Å². The first kappa shape index (κ1) is 18.2. The molecule has 0 saturated heterocycles. The number of carbonyl (C=O) groups is 1. The number of likely N-dealkylation sites (N-methyl/N-ethyl adjacent to an activating group) is 1. The normalized spacial score (nSPS) is 13.6. The van der Waals surface area contributed by atoms with Crippen LogP contribution in [-0.2, 0) is 6.42 Å². The highest BCUT2D eigenvalue weighted by molar-refractivity contribution is 5.93. The fourth-order valence-electron chi connectivity index (χ4n) is 3.23. The molecule has 1 amide bonds. The Morgan fingerprint density at radius 2 is 2.14 bits per heavy atom. The number of aromatic nitrogens is 4. The molecule has 2 aromatic heterocycles. The number of hydrogen-bond acceptors (Lipinski definition) is 5. The van der Waals surface area contributed by atoms with E-state index in [0.717, 1.165) is 35.4 Å². The van der Waals surface area contributed by atoms with Crippen molar-refractivity contribution in [2.24, 2.45) is 0 Å². The van der Waals surface area contributed by atoms with Crippen LogP contribution in [0.5, 0.6) is 5.75 Å². The van der Waals surface area contributed by atoms with Crippen LogP contribution in [0.2, 0.25) is 0 Å². The number of nitrogens with zero attached hydrogens (tertiary/aromatic N) is 3. The van der Waals surface area contributed by atoms with Crippen LogP contribution in [0.4, 0.5) is 0 Å². The number of ether oxygens (including phenoxy) is 1. The predicted molar refractivity (Wildman–Crippen MR) is 105 cm³/mol. The standard InChI is InChI=1S/C20H23N5O3/c1-3-25(20(27)14-11-21-18(12-4-5-12)24-19(14)26)9-8-17-22-15-7-6-13(28-2)10-16(15)23-17/h6-7,10-12H,3-5,8-9H2,1-2H3,(H,22,23)(H,21,24,26). The van der Waals surface area contributed by atoms with Gasteiger partial charge in [-0.25, -0.2) is 9.97 Å². The Kier molecular flexibility index (Phi) is 4.85. The number of nitrogens with one attached hydrogen (secondary N) is 2. The average Bonchev–Trinajstić information content (AvgIpc) is 3.47. The second kappa shape index (κ2) is 7.46. The molecule has 4 rings (SSSR count). The maximum absolute atomic E-state index is 12.8. The number of carbonyl (C=O) groups excluding carboxylic acids is 1. The summed E-state index contributed by atoms with van der Waals surface area (Å²) in [6.45, 7) is 2.84. The van der Waals surface area contributed by atoms with Gasteiger partial charge in [-0.15, -0.1) is 0 Å². The number of imidazole rings is 1. The zero-order valence-electron chi connectivity index (χ0n) is 16.0. The summed E-state index contributed by atoms with van der Waals surface area (Å²) in [5, 5.41) is 0. The summed E-state index contributed by atoms with van der Waals surface area (Å²) in [6.07, 6.45) is 4.05. The van der Waals surface area contributed by atoms with Gasteiger partial charge >= 0.3 is 0 Å². The molecule has 2 N–H and O–H groups in total. The van der Waals surface area contributed by atoms with Crippen LogP contribution < -0.4 is 10.3 Å². The van der Waals surface area contributed by atoms with E-state index in [-0.39, 0.29) is 17.0 Å². The van der Waals surface area contributed by atoms with Crippen molar-refractivity contribution in [1.82, 2.24) is 24.8 Å². The predicted octanol–water partition coefficient (Wildman–Crippen LogP) is 2.24. The maximum atomic E-state index is 12.8. The molecule has 146 valence electrons. The molecule has 8 heteroatoms. The van der Waals surface area contributed by atoms with Gasteiger partial charge in [-0.2, -0.15) is 0 Å². The number of aromatic amines is 2. The smallest absolute Gasteiger partial charge is 0.263 e. The number of H-pyrrole nitrogens is 2. The first-order valence-electron chi connectivity index (χ1n) is 9.50. The lowest BCUT2D eigenvalue weighted by atomic mass is 10.2. The van der Waals surface area contributed by atoms with E-state index in [1.165, 1.54) is 6.20 Å². The topological polar surface area (TPSA) is 104 Å². The van der Waals surface area contributed by atoms with Crippen molar-refractivity contribution in [3.63, 3.8) is 0 Å². The Hall–Kier alpha value is -3.16. The highest BCUT2D eigenvalue weighted by Crippen LogP contribution is 2.37. The largest absolute Gasteiger partial charge is 0.497 e. The van der Waals surface area contributed by atoms with Gasteiger partial charge in [0.15, 0.2) is 0 Å². The third-order valence-electron chi connectivity index (χ3n) is 5.04. The Morgan fingerprint density at radius 1 is 1.32 bits per heavy atom. The second-order valence-corrected chi connectivity index (χ2v) is 6.99. The summed E-state index contributed by atoms with van der Waals surface area (Å²) in [5.74, 6) is 2.25. The molecule has 1 aromatic carbocycles. The van der Waals surface area contributed by atoms with Crippen molar-refractivity contribution in [1.29, 1.82) is 0 Å². The molecule has 1 saturated carbocycles. The van der Waals surface area contributed by atoms with Crippen LogP contribution in [-0.4, -0.2) is 50.9 Å². The van der Waals surface area contributed by atoms with Crippen LogP contribution in [0.3, 0.4) is 0 Å². The van der Waals surface area contributed by atoms with E-state index in [9.17, 15) is 9.59 Å². The van der Waals surface area contributed by atoms with Crippen molar-refractivity contribution >= 4 is 16.9 Å². The molecule has 2 heterocycles. The molecular weight excluding hydrogens is 358 g/mol. The molecule has 3 aromatic rings. The van der Waals surface area contributed by atoms with Gasteiger partial charge < -0.3 is 19.6 Å². The van der Waals surface area contributed by atoms with Crippen molar-refractivity contribution in [2.75, 3.05) is 20.2 Å². The number of fused-ring (bicyclic) bond motifs is 1. The zero-order valence-corrected chi connectivity index (χ0v) is 16.0. The Morgan fingerprint density at radius 3 is 2.82 bits per heavy atom. The van der Waals surface area contributed by atoms with Crippen LogP contribution in [0.25, 0.3) is 11.0 Å². The number of hydrogen-bond donors (Lipinski definition) is 2. The Bertz CT molecular complexity index is 1070. The monoisotopic (exact) mass is 381 g/mol. The van der Waals surface area contributed by atoms with E-state index < -0.39 is 0 Å². The van der Waals surface area contributed by atoms with Crippen LogP contribution in [0.1, 0.15) is 47.7 Å². The summed E-state index contributed by atoms with van der Waals surface area (Å²) in [6, 6.07) is 5.64. The summed E-state index contributed by atoms with van der Waals surface area (Å²) in [4.78, 5) is 41.6. The van der Waals surface area contributed by atoms with Gasteiger partial charge in [-0.05, 0) is 31.9 Å². The lowest BCUT2D eigenvalue weighted by Crippen LogP contribution is -2.36. The van der Waals surface area contributed by atoms with Crippen molar-refractivity contribution in [3.05, 3.63) is 52.0 Å². The minimum absolute atomic E-state index is 0.0839. The molecule has 1 fully saturated rings. The van der Waals surface area contributed by atoms with Gasteiger partial charge in [0.1, 0.15) is 23.0 Å². The van der Waals surface area contributed by atoms with E-state index in [1.807, 2.05) is 25.1 Å². The van der Waals surface area contributed by atoms with E-state index in [1.54, 1.807) is 12.0 Å². The van der Waals surface area contributed by atoms with Gasteiger partial charge in [0.25, 0.3) is 11.5 Å². The van der Waals surface area contributed by atoms with Gasteiger partial charge in [-0.3, -0.25) is 9.59 Å². The van der Waals surface area contributed by atoms with Crippen molar-refractivity contribution in [2.45, 2.75) is 32.1 Å². The second-order valence-electron chi connectivity index (χ2n) is 6.99. The van der Waals surface area contributed by atoms with Crippen LogP contribution in [0.15, 0.2) is 29.2 Å². The maximum Gasteiger partial charge on any atom is 0.263 e. The lowest BCUT2D eigenvalue weighted by Gasteiger charge is -2.19. The zero-order chi connectivity index (χ0) is 19.7. The average molecular weight is 381 g/mol. The molecule has 28 heavy (non-hydrogen) atoms. The molecule has 0 atom stereocenters. The fourth-order valence-corrected chi connectivity index (χ4v) is 3.23. The summed E-state index contributed by atoms with van der Waals surface area (Å²) in [7, 11) is 1.62. The Labute approximate surface area is 162 Å². The number of rotatable bonds is 7. The molecule has 0 unspecified atom stereocenters. The summed E-state index contributed by atoms with van der Waals surface area (Å²) >= 11 is 0. The third-order valence-corrected chi connectivity index (χ3v) is 5.04. The van der Waals surface area contributed by atoms with E-state index in [4.69, 9.17) is 4.74 Å². The highest BCUT2D eigenvalue weighted by atomic mass is 16.5. The number of methoxy groups -OCH3 is 1. The quantitative estimate of drug-likeness (QED) is 0.653. The van der Waals surface area contributed by atoms with Gasteiger partial charge in [0, 0.05) is 37.7 Å². The van der Waals surface area contributed by atoms with E-state index >= 15 is 0 Å². The minimum atomic E-state index is -0.365. The SMILES string of the molecule is CCN(CCc1nc2ccc(OC)cc2[nH]1)C(=O)c1cnc(C2CC2)[nH]c1=O. The first-order chi connectivity index (χ1) is 13.6. The van der Waals surface area contributed by atoms with Crippen LogP contribution >= 0.6 is 0 Å². The minimum Gasteiger partial charge on any atom is -0.497 e. The highest BCUT2D eigenvalue weighted by Gasteiger charge is 2.27. The number of amides is 1. The molecular formula is C20H23N5O3. The third kappa shape index (κ3) is 3.62. The summed E-state index contributed by atoms with van der Waals surface area (Å²) < 4.78 is 5.23. The van der Waals surface area contributed by atoms with E-state index in [2.05, 4.69) is 19.9 Å². The molecule has 0 spiro atoms. The van der Waals surface area contributed by atoms with Gasteiger partial charge in [0.05, 0.1) is 18.1 Å². The fraction of sp³-hybridized carbons (Fsp3) is 0.400. The lowest BCUT2D eigenvalue weighted by molar-refractivity contribution is 0.0763.